The van der Waals surface area contributed by atoms with Crippen molar-refractivity contribution < 1.29 is 0 Å². The van der Waals surface area contributed by atoms with Crippen LogP contribution in [-0.4, -0.2) is 7.05 Å². The second-order valence-corrected chi connectivity index (χ2v) is 6.22. The normalized spacial score (nSPS) is 10.6. The van der Waals surface area contributed by atoms with Gasteiger partial charge in [-0.1, -0.05) is 51.4 Å². The van der Waals surface area contributed by atoms with E-state index >= 15 is 0 Å². The van der Waals surface area contributed by atoms with Crippen molar-refractivity contribution in [2.45, 2.75) is 16.3 Å². The molecule has 0 fully saturated rings. The minimum Gasteiger partial charge on any atom is -0.316 e. The van der Waals surface area contributed by atoms with Gasteiger partial charge in [0.15, 0.2) is 0 Å². The summed E-state index contributed by atoms with van der Waals surface area (Å²) in [5.74, 6) is 0. The largest absolute Gasteiger partial charge is 0.316 e. The molecule has 2 aromatic rings. The van der Waals surface area contributed by atoms with Crippen molar-refractivity contribution in [2.24, 2.45) is 0 Å². The first kappa shape index (κ1) is 13.9. The topological polar surface area (TPSA) is 12.0 Å². The molecule has 0 radical (unpaired) electrons. The molecule has 0 bridgehead atoms. The summed E-state index contributed by atoms with van der Waals surface area (Å²) in [5, 5.41) is 3.98. The summed E-state index contributed by atoms with van der Waals surface area (Å²) in [6.45, 7) is 0.840. The Morgan fingerprint density at radius 2 is 1.94 bits per heavy atom. The van der Waals surface area contributed by atoms with Gasteiger partial charge >= 0.3 is 0 Å². The maximum absolute atomic E-state index is 6.19. The third-order valence-corrected chi connectivity index (χ3v) is 4.58. The van der Waals surface area contributed by atoms with Gasteiger partial charge in [-0.15, -0.1) is 0 Å². The van der Waals surface area contributed by atoms with E-state index in [-0.39, 0.29) is 0 Å². The van der Waals surface area contributed by atoms with Crippen LogP contribution in [0.25, 0.3) is 0 Å². The summed E-state index contributed by atoms with van der Waals surface area (Å²) >= 11 is 11.4. The van der Waals surface area contributed by atoms with E-state index in [1.54, 1.807) is 11.8 Å². The maximum Gasteiger partial charge on any atom is 0.0545 e. The van der Waals surface area contributed by atoms with Gasteiger partial charge in [-0.2, -0.15) is 0 Å². The van der Waals surface area contributed by atoms with Crippen LogP contribution in [0.3, 0.4) is 0 Å². The molecule has 0 aliphatic rings. The quantitative estimate of drug-likeness (QED) is 0.841. The molecule has 0 aliphatic carbocycles. The maximum atomic E-state index is 6.19. The summed E-state index contributed by atoms with van der Waals surface area (Å²) in [6.07, 6.45) is 0. The zero-order chi connectivity index (χ0) is 13.0. The summed E-state index contributed by atoms with van der Waals surface area (Å²) in [4.78, 5) is 2.31. The molecule has 18 heavy (non-hydrogen) atoms. The van der Waals surface area contributed by atoms with Gasteiger partial charge in [0.1, 0.15) is 0 Å². The summed E-state index contributed by atoms with van der Waals surface area (Å²) in [7, 11) is 1.95. The van der Waals surface area contributed by atoms with Crippen LogP contribution in [0.2, 0.25) is 5.02 Å². The average molecular weight is 343 g/mol. The van der Waals surface area contributed by atoms with Gasteiger partial charge < -0.3 is 5.32 Å². The number of hydrogen-bond acceptors (Lipinski definition) is 2. The van der Waals surface area contributed by atoms with E-state index in [1.807, 2.05) is 31.3 Å². The summed E-state index contributed by atoms with van der Waals surface area (Å²) in [5.41, 5.74) is 1.26. The Kier molecular flexibility index (Phi) is 5.13. The van der Waals surface area contributed by atoms with Gasteiger partial charge in [-0.05, 0) is 42.9 Å². The van der Waals surface area contributed by atoms with Crippen LogP contribution in [0.4, 0.5) is 0 Å². The Morgan fingerprint density at radius 1 is 1.17 bits per heavy atom. The Morgan fingerprint density at radius 3 is 2.67 bits per heavy atom. The Hall–Kier alpha value is -0.480. The molecule has 4 heteroatoms. The van der Waals surface area contributed by atoms with Gasteiger partial charge in [0.25, 0.3) is 0 Å². The van der Waals surface area contributed by atoms with E-state index in [2.05, 4.69) is 39.4 Å². The molecular formula is C14H13BrClNS. The van der Waals surface area contributed by atoms with E-state index in [9.17, 15) is 0 Å². The molecule has 94 valence electrons. The van der Waals surface area contributed by atoms with Gasteiger partial charge in [0, 0.05) is 20.8 Å². The number of nitrogens with one attached hydrogen (secondary N) is 1. The molecule has 0 aromatic heterocycles. The van der Waals surface area contributed by atoms with Gasteiger partial charge in [0.05, 0.1) is 5.02 Å². The molecule has 0 atom stereocenters. The predicted octanol–water partition coefficient (Wildman–Crippen LogP) is 4.97. The minimum absolute atomic E-state index is 0.792. The fourth-order valence-corrected chi connectivity index (χ4v) is 3.23. The monoisotopic (exact) mass is 341 g/mol. The van der Waals surface area contributed by atoms with Crippen molar-refractivity contribution in [1.29, 1.82) is 0 Å². The molecule has 0 saturated carbocycles. The van der Waals surface area contributed by atoms with E-state index in [1.165, 1.54) is 10.5 Å². The predicted molar refractivity (Wildman–Crippen MR) is 82.5 cm³/mol. The second kappa shape index (κ2) is 6.62. The fourth-order valence-electron chi connectivity index (χ4n) is 1.62. The van der Waals surface area contributed by atoms with E-state index < -0.39 is 0 Å². The first-order valence-electron chi connectivity index (χ1n) is 5.56. The zero-order valence-electron chi connectivity index (χ0n) is 9.91. The molecule has 1 N–H and O–H groups in total. The first-order chi connectivity index (χ1) is 8.70. The third-order valence-electron chi connectivity index (χ3n) is 2.45. The smallest absolute Gasteiger partial charge is 0.0545 e. The van der Waals surface area contributed by atoms with Crippen LogP contribution < -0.4 is 5.32 Å². The van der Waals surface area contributed by atoms with Crippen molar-refractivity contribution in [3.05, 3.63) is 57.5 Å². The van der Waals surface area contributed by atoms with Crippen LogP contribution in [0.1, 0.15) is 5.56 Å². The number of rotatable bonds is 4. The van der Waals surface area contributed by atoms with E-state index in [0.29, 0.717) is 0 Å². The Bertz CT molecular complexity index is 545. The van der Waals surface area contributed by atoms with E-state index in [0.717, 1.165) is 20.9 Å². The lowest BCUT2D eigenvalue weighted by atomic mass is 10.2. The highest BCUT2D eigenvalue weighted by atomic mass is 79.9. The van der Waals surface area contributed by atoms with Crippen molar-refractivity contribution in [2.75, 3.05) is 7.05 Å². The molecule has 0 amide bonds. The summed E-state index contributed by atoms with van der Waals surface area (Å²) in [6, 6.07) is 14.2. The minimum atomic E-state index is 0.792. The second-order valence-electron chi connectivity index (χ2n) is 3.81. The number of hydrogen-bond donors (Lipinski definition) is 1. The van der Waals surface area contributed by atoms with Gasteiger partial charge in [-0.3, -0.25) is 0 Å². The first-order valence-corrected chi connectivity index (χ1v) is 7.55. The number of benzene rings is 2. The Balaban J connectivity index is 2.31. The van der Waals surface area contributed by atoms with Crippen LogP contribution >= 0.6 is 39.3 Å². The molecule has 0 saturated heterocycles. The van der Waals surface area contributed by atoms with Crippen molar-refractivity contribution in [3.8, 4) is 0 Å². The molecular weight excluding hydrogens is 330 g/mol. The van der Waals surface area contributed by atoms with E-state index in [4.69, 9.17) is 11.6 Å². The molecule has 1 nitrogen and oxygen atoms in total. The lowest BCUT2D eigenvalue weighted by Gasteiger charge is -2.10. The fraction of sp³-hybridized carbons (Fsp3) is 0.143. The molecule has 2 rings (SSSR count). The van der Waals surface area contributed by atoms with Gasteiger partial charge in [-0.25, -0.2) is 0 Å². The lowest BCUT2D eigenvalue weighted by molar-refractivity contribution is 0.802. The summed E-state index contributed by atoms with van der Waals surface area (Å²) < 4.78 is 1.09. The lowest BCUT2D eigenvalue weighted by Crippen LogP contribution is -2.06. The van der Waals surface area contributed by atoms with Crippen LogP contribution in [0.15, 0.2) is 56.7 Å². The molecule has 0 heterocycles. The van der Waals surface area contributed by atoms with Crippen molar-refractivity contribution in [3.63, 3.8) is 0 Å². The molecule has 2 aromatic carbocycles. The van der Waals surface area contributed by atoms with Crippen LogP contribution in [0.5, 0.6) is 0 Å². The number of halogens is 2. The molecule has 0 unspecified atom stereocenters. The van der Waals surface area contributed by atoms with Crippen molar-refractivity contribution >= 4 is 39.3 Å². The SMILES string of the molecule is CNCc1cc(Br)ccc1Sc1ccccc1Cl. The van der Waals surface area contributed by atoms with Gasteiger partial charge in [0.2, 0.25) is 0 Å². The van der Waals surface area contributed by atoms with Crippen LogP contribution in [0, 0.1) is 0 Å². The third kappa shape index (κ3) is 3.51. The van der Waals surface area contributed by atoms with Crippen LogP contribution in [-0.2, 0) is 6.54 Å². The highest BCUT2D eigenvalue weighted by molar-refractivity contribution is 9.10. The van der Waals surface area contributed by atoms with Crippen molar-refractivity contribution in [1.82, 2.24) is 5.32 Å². The zero-order valence-corrected chi connectivity index (χ0v) is 13.1. The highest BCUT2D eigenvalue weighted by Crippen LogP contribution is 2.35. The average Bonchev–Trinajstić information content (AvgIpc) is 2.35. The Labute approximate surface area is 125 Å². The molecule has 0 aliphatic heterocycles. The highest BCUT2D eigenvalue weighted by Gasteiger charge is 2.07. The molecule has 0 spiro atoms. The standard InChI is InChI=1S/C14H13BrClNS/c1-17-9-10-8-11(15)6-7-13(10)18-14-5-3-2-4-12(14)16/h2-8,17H,9H2,1H3.